The van der Waals surface area contributed by atoms with Crippen LogP contribution in [-0.2, 0) is 4.74 Å². The van der Waals surface area contributed by atoms with Gasteiger partial charge in [0.2, 0.25) is 0 Å². The number of rotatable bonds is 13. The molecule has 0 spiro atoms. The Kier molecular flexibility index (Phi) is 13.7. The molecule has 0 radical (unpaired) electrons. The minimum atomic E-state index is -0.351. The predicted molar refractivity (Wildman–Crippen MR) is 262 cm³/mol. The first-order chi connectivity index (χ1) is 30.5. The molecule has 1 fully saturated rings. The fourth-order valence-electron chi connectivity index (χ4n) is 10.6. The zero-order valence-electron chi connectivity index (χ0n) is 40.3. The number of nitroso groups, excluding NO2 is 1. The number of aryl methyl sites for hydroxylation is 4. The molecule has 0 heterocycles. The van der Waals surface area contributed by atoms with Gasteiger partial charge in [-0.15, -0.1) is 4.91 Å². The van der Waals surface area contributed by atoms with Crippen molar-refractivity contribution < 1.29 is 19.1 Å². The third-order valence-electron chi connectivity index (χ3n) is 14.6. The van der Waals surface area contributed by atoms with Crippen LogP contribution >= 0.6 is 0 Å². The molecule has 0 bridgehead atoms. The Morgan fingerprint density at radius 2 is 0.906 bits per heavy atom. The molecule has 4 N–H and O–H groups in total. The van der Waals surface area contributed by atoms with E-state index in [0.717, 1.165) is 107 Å². The van der Waals surface area contributed by atoms with E-state index in [1.54, 1.807) is 0 Å². The molecule has 0 amide bonds. The quantitative estimate of drug-likeness (QED) is 0.0514. The smallest absolute Gasteiger partial charge is 0.197 e. The molecular weight excluding hydrogens is 795 g/mol. The standard InChI is InChI=1S/C56H67N3O5/c1-29-23-47(33(5)37(9)53(29)59-60)51(49-25-31(3)55(63-57)39(11)35(49)7)43-21-19-42-20-22-44(28-45(42)27-43)52(50-26-32(4)56(64-58)40(12)36(50)8)48-24-30(2)54(38(10)34(48)6)62-41(13)61-46-17-15-14-16-18-46/h19-28,41,46,51-52H,14-18,57-58H2,1-13H3. The summed E-state index contributed by atoms with van der Waals surface area (Å²) in [4.78, 5) is 22.9. The van der Waals surface area contributed by atoms with Gasteiger partial charge in [0.05, 0.1) is 6.10 Å². The fraction of sp³-hybridized carbons (Fsp3) is 0.393. The summed E-state index contributed by atoms with van der Waals surface area (Å²) in [5, 5.41) is 5.71. The minimum absolute atomic E-state index is 0.122. The van der Waals surface area contributed by atoms with Crippen molar-refractivity contribution in [1.82, 2.24) is 0 Å². The lowest BCUT2D eigenvalue weighted by atomic mass is 9.76. The lowest BCUT2D eigenvalue weighted by molar-refractivity contribution is -0.117. The maximum atomic E-state index is 12.0. The summed E-state index contributed by atoms with van der Waals surface area (Å²) in [6, 6.07) is 22.6. The van der Waals surface area contributed by atoms with Crippen LogP contribution in [0.1, 0.15) is 151 Å². The molecule has 64 heavy (non-hydrogen) atoms. The summed E-state index contributed by atoms with van der Waals surface area (Å²) in [6.45, 7) is 27.2. The molecule has 6 aromatic carbocycles. The van der Waals surface area contributed by atoms with E-state index in [-0.39, 0.29) is 24.2 Å². The van der Waals surface area contributed by atoms with Crippen LogP contribution in [0.15, 0.2) is 65.8 Å². The molecule has 1 saturated carbocycles. The molecule has 1 aliphatic carbocycles. The largest absolute Gasteiger partial charge is 0.465 e. The van der Waals surface area contributed by atoms with Crippen molar-refractivity contribution in [3.05, 3.63) is 166 Å². The molecule has 0 saturated heterocycles. The van der Waals surface area contributed by atoms with Crippen LogP contribution in [-0.4, -0.2) is 12.4 Å². The van der Waals surface area contributed by atoms with Gasteiger partial charge in [-0.2, -0.15) is 11.8 Å². The number of nitrogens with two attached hydrogens (primary N) is 2. The van der Waals surface area contributed by atoms with Crippen molar-refractivity contribution in [3.8, 4) is 17.2 Å². The van der Waals surface area contributed by atoms with Crippen LogP contribution in [0, 0.1) is 88.0 Å². The topological polar surface area (TPSA) is 118 Å². The van der Waals surface area contributed by atoms with Gasteiger partial charge in [-0.25, -0.2) is 0 Å². The second-order valence-electron chi connectivity index (χ2n) is 18.6. The van der Waals surface area contributed by atoms with Gasteiger partial charge in [0.15, 0.2) is 17.8 Å². The molecule has 6 aromatic rings. The maximum Gasteiger partial charge on any atom is 0.197 e. The fourth-order valence-corrected chi connectivity index (χ4v) is 10.6. The molecule has 1 aliphatic rings. The van der Waals surface area contributed by atoms with Crippen molar-refractivity contribution in [2.75, 3.05) is 0 Å². The molecule has 3 atom stereocenters. The highest BCUT2D eigenvalue weighted by Gasteiger charge is 2.29. The van der Waals surface area contributed by atoms with Gasteiger partial charge in [0, 0.05) is 11.8 Å². The van der Waals surface area contributed by atoms with Gasteiger partial charge in [-0.05, 0) is 219 Å². The third kappa shape index (κ3) is 8.56. The molecule has 7 rings (SSSR count). The lowest BCUT2D eigenvalue weighted by Crippen LogP contribution is -2.26. The van der Waals surface area contributed by atoms with E-state index in [2.05, 4.69) is 128 Å². The summed E-state index contributed by atoms with van der Waals surface area (Å²) in [7, 11) is 0. The van der Waals surface area contributed by atoms with Crippen molar-refractivity contribution in [3.63, 3.8) is 0 Å². The van der Waals surface area contributed by atoms with Gasteiger partial charge in [0.25, 0.3) is 0 Å². The average molecular weight is 862 g/mol. The molecule has 8 heteroatoms. The molecule has 3 unspecified atom stereocenters. The van der Waals surface area contributed by atoms with E-state index in [1.807, 2.05) is 27.7 Å². The number of hydrogen-bond donors (Lipinski definition) is 2. The highest BCUT2D eigenvalue weighted by molar-refractivity contribution is 5.85. The Bertz CT molecular complexity index is 2770. The van der Waals surface area contributed by atoms with E-state index in [1.165, 1.54) is 41.5 Å². The lowest BCUT2D eigenvalue weighted by Gasteiger charge is -2.29. The Hall–Kier alpha value is -5.54. The summed E-state index contributed by atoms with van der Waals surface area (Å²) >= 11 is 0. The van der Waals surface area contributed by atoms with Gasteiger partial charge in [0.1, 0.15) is 11.4 Å². The normalized spacial score (nSPS) is 14.7. The van der Waals surface area contributed by atoms with Gasteiger partial charge in [-0.3, -0.25) is 0 Å². The van der Waals surface area contributed by atoms with Gasteiger partial charge >= 0.3 is 0 Å². The predicted octanol–water partition coefficient (Wildman–Crippen LogP) is 13.9. The van der Waals surface area contributed by atoms with E-state index in [9.17, 15) is 4.91 Å². The van der Waals surface area contributed by atoms with Crippen LogP contribution in [0.2, 0.25) is 0 Å². The molecule has 336 valence electrons. The summed E-state index contributed by atoms with van der Waals surface area (Å²) in [5.74, 6) is 13.7. The molecular formula is C56H67N3O5. The number of ether oxygens (including phenoxy) is 2. The number of fused-ring (bicyclic) bond motifs is 1. The van der Waals surface area contributed by atoms with E-state index < -0.39 is 0 Å². The van der Waals surface area contributed by atoms with Crippen molar-refractivity contribution in [2.45, 2.75) is 146 Å². The van der Waals surface area contributed by atoms with Gasteiger partial charge in [-0.1, -0.05) is 79.9 Å². The minimum Gasteiger partial charge on any atom is -0.465 e. The van der Waals surface area contributed by atoms with Crippen LogP contribution in [0.4, 0.5) is 5.69 Å². The van der Waals surface area contributed by atoms with Gasteiger partial charge < -0.3 is 19.1 Å². The number of nitrogens with zero attached hydrogens (tertiary/aromatic N) is 1. The monoisotopic (exact) mass is 862 g/mol. The highest BCUT2D eigenvalue weighted by Crippen LogP contribution is 2.46. The second kappa shape index (κ2) is 18.9. The first kappa shape index (κ1) is 46.5. The molecule has 0 aromatic heterocycles. The Labute approximate surface area is 380 Å². The summed E-state index contributed by atoms with van der Waals surface area (Å²) < 4.78 is 13.1. The van der Waals surface area contributed by atoms with Crippen molar-refractivity contribution in [2.24, 2.45) is 17.0 Å². The maximum absolute atomic E-state index is 12.0. The van der Waals surface area contributed by atoms with Crippen LogP contribution < -0.4 is 26.2 Å². The number of hydrogen-bond acceptors (Lipinski definition) is 8. The zero-order valence-corrected chi connectivity index (χ0v) is 40.3. The first-order valence-corrected chi connectivity index (χ1v) is 22.9. The Morgan fingerprint density at radius 3 is 1.34 bits per heavy atom. The van der Waals surface area contributed by atoms with Crippen LogP contribution in [0.25, 0.3) is 10.8 Å². The average Bonchev–Trinajstić information content (AvgIpc) is 3.27. The van der Waals surface area contributed by atoms with E-state index in [0.29, 0.717) is 17.2 Å². The highest BCUT2D eigenvalue weighted by atomic mass is 16.7. The number of benzene rings is 6. The second-order valence-corrected chi connectivity index (χ2v) is 18.6. The van der Waals surface area contributed by atoms with Crippen LogP contribution in [0.3, 0.4) is 0 Å². The Morgan fingerprint density at radius 1 is 0.500 bits per heavy atom. The summed E-state index contributed by atoms with van der Waals surface area (Å²) in [6.07, 6.45) is 5.78. The van der Waals surface area contributed by atoms with Crippen LogP contribution in [0.5, 0.6) is 17.2 Å². The zero-order chi connectivity index (χ0) is 46.3. The Balaban J connectivity index is 1.43. The van der Waals surface area contributed by atoms with Crippen molar-refractivity contribution in [1.29, 1.82) is 0 Å². The van der Waals surface area contributed by atoms with E-state index in [4.69, 9.17) is 30.9 Å². The van der Waals surface area contributed by atoms with Crippen molar-refractivity contribution >= 4 is 16.5 Å². The SMILES string of the molecule is Cc1cc(C(c2ccc3ccc(C(c4cc(C)c(ON)c(C)c4C)c4cc(C)c(OC(C)OC5CCCCC5)c(C)c4C)cc3c2)c2cc(C)c(ON)c(C)c2C)c(C)c(C)c1N=O. The third-order valence-corrected chi connectivity index (χ3v) is 14.6. The summed E-state index contributed by atoms with van der Waals surface area (Å²) in [5.41, 5.74) is 19.9. The first-order valence-electron chi connectivity index (χ1n) is 22.9. The molecule has 0 aliphatic heterocycles. The molecule has 8 nitrogen and oxygen atoms in total. The van der Waals surface area contributed by atoms with E-state index >= 15 is 0 Å².